The first-order valence-electron chi connectivity index (χ1n) is 3.26. The highest BCUT2D eigenvalue weighted by Crippen LogP contribution is 2.18. The molecule has 11 heavy (non-hydrogen) atoms. The molecule has 0 aliphatic heterocycles. The van der Waals surface area contributed by atoms with Gasteiger partial charge in [0.1, 0.15) is 5.75 Å². The molecule has 0 aromatic heterocycles. The predicted octanol–water partition coefficient (Wildman–Crippen LogP) is 2.11. The van der Waals surface area contributed by atoms with Crippen molar-refractivity contribution in [3.05, 3.63) is 29.6 Å². The van der Waals surface area contributed by atoms with Crippen molar-refractivity contribution in [3.8, 4) is 5.75 Å². The number of halogens is 3. The van der Waals surface area contributed by atoms with Gasteiger partial charge in [-0.2, -0.15) is 0 Å². The minimum atomic E-state index is -1.65. The lowest BCUT2D eigenvalue weighted by Gasteiger charge is -2.00. The van der Waals surface area contributed by atoms with Crippen molar-refractivity contribution in [2.75, 3.05) is 7.11 Å². The Morgan fingerprint density at radius 3 is 2.55 bits per heavy atom. The molecule has 0 aliphatic rings. The summed E-state index contributed by atoms with van der Waals surface area (Å²) in [6.07, 6.45) is 0. The van der Waals surface area contributed by atoms with Crippen LogP contribution in [0.15, 0.2) is 12.1 Å². The lowest BCUT2D eigenvalue weighted by atomic mass is 10.3. The molecule has 0 fully saturated rings. The summed E-state index contributed by atoms with van der Waals surface area (Å²) in [6.45, 7) is 0. The first-order valence-corrected chi connectivity index (χ1v) is 2.76. The first-order chi connectivity index (χ1) is 5.57. The standard InChI is InChI=1S/C7H5F3O/c1-11-4-2-5(8)7(10)6(9)3-4/h2-3H,1H3/i2D. The molecule has 0 amide bonds. The zero-order chi connectivity index (χ0) is 9.30. The van der Waals surface area contributed by atoms with Crippen LogP contribution in [0.5, 0.6) is 5.75 Å². The molecule has 4 heteroatoms. The van der Waals surface area contributed by atoms with E-state index in [4.69, 9.17) is 1.37 Å². The maximum atomic E-state index is 12.6. The number of benzene rings is 1. The van der Waals surface area contributed by atoms with Crippen molar-refractivity contribution in [2.24, 2.45) is 0 Å². The van der Waals surface area contributed by atoms with Crippen molar-refractivity contribution in [2.45, 2.75) is 0 Å². The summed E-state index contributed by atoms with van der Waals surface area (Å²) >= 11 is 0. The van der Waals surface area contributed by atoms with E-state index in [9.17, 15) is 13.2 Å². The Hall–Kier alpha value is -1.19. The van der Waals surface area contributed by atoms with Gasteiger partial charge in [0.25, 0.3) is 0 Å². The number of ether oxygens (including phenoxy) is 1. The number of methoxy groups -OCH3 is 1. The van der Waals surface area contributed by atoms with Crippen molar-refractivity contribution < 1.29 is 19.3 Å². The SMILES string of the molecule is [2H]c1c(OC)cc(F)c(F)c1F. The van der Waals surface area contributed by atoms with Gasteiger partial charge in [-0.15, -0.1) is 0 Å². The third-order valence-corrected chi connectivity index (χ3v) is 1.11. The van der Waals surface area contributed by atoms with Gasteiger partial charge in [-0.1, -0.05) is 0 Å². The molecule has 0 saturated heterocycles. The fourth-order valence-corrected chi connectivity index (χ4v) is 0.592. The molecule has 0 aliphatic carbocycles. The van der Waals surface area contributed by atoms with Gasteiger partial charge in [-0.3, -0.25) is 0 Å². The maximum Gasteiger partial charge on any atom is 0.194 e. The van der Waals surface area contributed by atoms with Gasteiger partial charge < -0.3 is 4.74 Å². The van der Waals surface area contributed by atoms with Crippen LogP contribution in [-0.2, 0) is 0 Å². The second-order valence-corrected chi connectivity index (χ2v) is 1.81. The number of rotatable bonds is 1. The summed E-state index contributed by atoms with van der Waals surface area (Å²) in [5, 5.41) is 0. The molecule has 0 heterocycles. The highest BCUT2D eigenvalue weighted by Gasteiger charge is 2.09. The predicted molar refractivity (Wildman–Crippen MR) is 32.9 cm³/mol. The number of hydrogen-bond donors (Lipinski definition) is 0. The van der Waals surface area contributed by atoms with E-state index in [1.165, 1.54) is 0 Å². The van der Waals surface area contributed by atoms with Crippen LogP contribution in [-0.4, -0.2) is 7.11 Å². The van der Waals surface area contributed by atoms with Crippen LogP contribution < -0.4 is 4.74 Å². The number of hydrogen-bond acceptors (Lipinski definition) is 1. The minimum Gasteiger partial charge on any atom is -0.497 e. The monoisotopic (exact) mass is 163 g/mol. The van der Waals surface area contributed by atoms with E-state index in [2.05, 4.69) is 4.74 Å². The van der Waals surface area contributed by atoms with Gasteiger partial charge in [0.05, 0.1) is 8.48 Å². The summed E-state index contributed by atoms with van der Waals surface area (Å²) in [7, 11) is 1.14. The van der Waals surface area contributed by atoms with Crippen LogP contribution in [0.1, 0.15) is 1.37 Å². The van der Waals surface area contributed by atoms with E-state index >= 15 is 0 Å². The van der Waals surface area contributed by atoms with E-state index in [1.807, 2.05) is 0 Å². The molecule has 1 aromatic rings. The average molecular weight is 163 g/mol. The van der Waals surface area contributed by atoms with Crippen molar-refractivity contribution >= 4 is 0 Å². The Balaban J connectivity index is 3.39. The molecule has 1 rings (SSSR count). The van der Waals surface area contributed by atoms with E-state index < -0.39 is 23.5 Å². The highest BCUT2D eigenvalue weighted by molar-refractivity contribution is 5.24. The fourth-order valence-electron chi connectivity index (χ4n) is 0.592. The highest BCUT2D eigenvalue weighted by atomic mass is 19.2. The average Bonchev–Trinajstić information content (AvgIpc) is 2.08. The molecular weight excluding hydrogens is 157 g/mol. The first kappa shape index (κ1) is 6.52. The Morgan fingerprint density at radius 2 is 2.00 bits per heavy atom. The fraction of sp³-hybridized carbons (Fsp3) is 0.143. The van der Waals surface area contributed by atoms with E-state index in [-0.39, 0.29) is 5.75 Å². The second kappa shape index (κ2) is 2.82. The molecule has 1 aromatic carbocycles. The quantitative estimate of drug-likeness (QED) is 0.576. The summed E-state index contributed by atoms with van der Waals surface area (Å²) in [6, 6.07) is -0.155. The third-order valence-electron chi connectivity index (χ3n) is 1.11. The molecule has 0 bridgehead atoms. The van der Waals surface area contributed by atoms with Crippen LogP contribution >= 0.6 is 0 Å². The van der Waals surface area contributed by atoms with Crippen LogP contribution in [0, 0.1) is 17.5 Å². The van der Waals surface area contributed by atoms with Gasteiger partial charge in [0.15, 0.2) is 17.5 Å². The topological polar surface area (TPSA) is 9.23 Å². The Morgan fingerprint density at radius 1 is 1.36 bits per heavy atom. The molecular formula is C7H5F3O. The molecule has 0 unspecified atom stereocenters. The van der Waals surface area contributed by atoms with Crippen LogP contribution in [0.25, 0.3) is 0 Å². The summed E-state index contributed by atoms with van der Waals surface area (Å²) in [4.78, 5) is 0. The summed E-state index contributed by atoms with van der Waals surface area (Å²) in [5.41, 5.74) is 0. The Labute approximate surface area is 62.8 Å². The maximum absolute atomic E-state index is 12.6. The molecule has 0 saturated carbocycles. The normalized spacial score (nSPS) is 11.1. The third kappa shape index (κ3) is 1.45. The van der Waals surface area contributed by atoms with Gasteiger partial charge in [0, 0.05) is 12.1 Å². The second-order valence-electron chi connectivity index (χ2n) is 1.81. The molecule has 1 nitrogen and oxygen atoms in total. The lowest BCUT2D eigenvalue weighted by molar-refractivity contribution is 0.391. The van der Waals surface area contributed by atoms with Crippen molar-refractivity contribution in [1.29, 1.82) is 0 Å². The van der Waals surface area contributed by atoms with E-state index in [1.54, 1.807) is 0 Å². The molecule has 0 radical (unpaired) electrons. The molecule has 0 atom stereocenters. The molecule has 0 spiro atoms. The lowest BCUT2D eigenvalue weighted by Crippen LogP contribution is -1.92. The minimum absolute atomic E-state index is 0.327. The molecule has 60 valence electrons. The van der Waals surface area contributed by atoms with Crippen molar-refractivity contribution in [1.82, 2.24) is 0 Å². The van der Waals surface area contributed by atoms with Gasteiger partial charge >= 0.3 is 0 Å². The van der Waals surface area contributed by atoms with E-state index in [0.29, 0.717) is 6.07 Å². The Bertz CT molecular complexity index is 314. The Kier molecular flexibility index (Phi) is 1.67. The van der Waals surface area contributed by atoms with E-state index in [0.717, 1.165) is 7.11 Å². The smallest absolute Gasteiger partial charge is 0.194 e. The zero-order valence-electron chi connectivity index (χ0n) is 6.62. The zero-order valence-corrected chi connectivity index (χ0v) is 5.62. The van der Waals surface area contributed by atoms with Crippen LogP contribution in [0.3, 0.4) is 0 Å². The van der Waals surface area contributed by atoms with Crippen LogP contribution in [0.4, 0.5) is 13.2 Å². The van der Waals surface area contributed by atoms with Gasteiger partial charge in [-0.05, 0) is 0 Å². The summed E-state index contributed by atoms with van der Waals surface area (Å²) in [5.74, 6) is -4.88. The van der Waals surface area contributed by atoms with Gasteiger partial charge in [-0.25, -0.2) is 13.2 Å². The summed E-state index contributed by atoms with van der Waals surface area (Å²) < 4.78 is 48.7. The van der Waals surface area contributed by atoms with Crippen LogP contribution in [0.2, 0.25) is 0 Å². The molecule has 0 N–H and O–H groups in total. The van der Waals surface area contributed by atoms with Crippen molar-refractivity contribution in [3.63, 3.8) is 0 Å². The largest absolute Gasteiger partial charge is 0.497 e. The van der Waals surface area contributed by atoms with Gasteiger partial charge in [0.2, 0.25) is 0 Å².